The second-order valence-electron chi connectivity index (χ2n) is 7.47. The number of fused-ring (bicyclic) bond motifs is 1. The third-order valence-corrected chi connectivity index (χ3v) is 5.62. The van der Waals surface area contributed by atoms with Crippen LogP contribution in [0, 0.1) is 0 Å². The van der Waals surface area contributed by atoms with Gasteiger partial charge >= 0.3 is 6.03 Å². The van der Waals surface area contributed by atoms with E-state index in [2.05, 4.69) is 15.5 Å². The largest absolute Gasteiger partial charge is 0.493 e. The highest BCUT2D eigenvalue weighted by atomic mass is 16.5. The van der Waals surface area contributed by atoms with E-state index in [1.165, 1.54) is 5.56 Å². The lowest BCUT2D eigenvalue weighted by Crippen LogP contribution is -2.55. The van der Waals surface area contributed by atoms with E-state index >= 15 is 0 Å². The first-order valence-electron chi connectivity index (χ1n) is 10.2. The summed E-state index contributed by atoms with van der Waals surface area (Å²) in [5.41, 5.74) is 2.93. The monoisotopic (exact) mass is 397 g/mol. The lowest BCUT2D eigenvalue weighted by atomic mass is 9.94. The number of para-hydroxylation sites is 1. The van der Waals surface area contributed by atoms with Gasteiger partial charge in [-0.15, -0.1) is 0 Å². The molecule has 3 amide bonds. The summed E-state index contributed by atoms with van der Waals surface area (Å²) in [7, 11) is 0. The van der Waals surface area contributed by atoms with Crippen LogP contribution in [0.1, 0.15) is 35.0 Å². The van der Waals surface area contributed by atoms with Crippen molar-refractivity contribution in [3.8, 4) is 5.75 Å². The Bertz CT molecular complexity index is 873. The number of ether oxygens (including phenoxy) is 1. The minimum Gasteiger partial charge on any atom is -0.493 e. The average Bonchev–Trinajstić information content (AvgIpc) is 3.22. The van der Waals surface area contributed by atoms with Crippen LogP contribution >= 0.6 is 0 Å². The molecule has 2 heterocycles. The van der Waals surface area contributed by atoms with E-state index in [0.717, 1.165) is 25.0 Å². The van der Waals surface area contributed by atoms with E-state index in [1.807, 2.05) is 31.3 Å². The number of nitrogens with one attached hydrogen (secondary N) is 2. The number of hydrogen-bond donors (Lipinski definition) is 2. The highest BCUT2D eigenvalue weighted by Gasteiger charge is 2.28. The van der Waals surface area contributed by atoms with Crippen molar-refractivity contribution >= 4 is 11.9 Å². The predicted molar refractivity (Wildman–Crippen MR) is 108 cm³/mol. The second kappa shape index (κ2) is 8.55. The number of aryl methyl sites for hydroxylation is 1. The summed E-state index contributed by atoms with van der Waals surface area (Å²) in [5.74, 6) is 0.559. The van der Waals surface area contributed by atoms with E-state index in [4.69, 9.17) is 4.74 Å². The number of carbonyl (C=O) groups excluding carboxylic acids is 2. The molecule has 1 saturated heterocycles. The number of rotatable bonds is 4. The zero-order valence-electron chi connectivity index (χ0n) is 16.7. The van der Waals surface area contributed by atoms with Crippen LogP contribution in [-0.4, -0.2) is 70.8 Å². The van der Waals surface area contributed by atoms with Crippen molar-refractivity contribution in [3.63, 3.8) is 0 Å². The van der Waals surface area contributed by atoms with E-state index in [0.29, 0.717) is 44.1 Å². The van der Waals surface area contributed by atoms with Crippen LogP contribution in [-0.2, 0) is 12.8 Å². The lowest BCUT2D eigenvalue weighted by molar-refractivity contribution is 0.0659. The molecule has 0 spiro atoms. The number of amides is 3. The number of nitrogens with zero attached hydrogens (tertiary/aromatic N) is 3. The molecular formula is C21H27N5O3. The SMILES string of the molecule is CCOc1ccccc1C(=O)N1CCN(C(=O)NC2CCc3cn[nH]c3C2)CC1. The van der Waals surface area contributed by atoms with Gasteiger partial charge in [0.2, 0.25) is 0 Å². The summed E-state index contributed by atoms with van der Waals surface area (Å²) in [5, 5.41) is 10.2. The molecule has 4 rings (SSSR count). The molecule has 1 aromatic heterocycles. The molecule has 1 aliphatic heterocycles. The third-order valence-electron chi connectivity index (χ3n) is 5.62. The van der Waals surface area contributed by atoms with Crippen molar-refractivity contribution in [1.29, 1.82) is 0 Å². The summed E-state index contributed by atoms with van der Waals surface area (Å²) >= 11 is 0. The second-order valence-corrected chi connectivity index (χ2v) is 7.47. The molecule has 8 heteroatoms. The van der Waals surface area contributed by atoms with Crippen molar-refractivity contribution in [2.24, 2.45) is 0 Å². The van der Waals surface area contributed by atoms with Gasteiger partial charge in [0.25, 0.3) is 5.91 Å². The summed E-state index contributed by atoms with van der Waals surface area (Å²) < 4.78 is 5.58. The van der Waals surface area contributed by atoms with Crippen molar-refractivity contribution in [2.75, 3.05) is 32.8 Å². The predicted octanol–water partition coefficient (Wildman–Crippen LogP) is 1.83. The maximum atomic E-state index is 12.9. The van der Waals surface area contributed by atoms with Gasteiger partial charge in [0.15, 0.2) is 0 Å². The Kier molecular flexibility index (Phi) is 5.69. The first-order chi connectivity index (χ1) is 14.2. The molecule has 1 fully saturated rings. The number of aromatic nitrogens is 2. The topological polar surface area (TPSA) is 90.6 Å². The average molecular weight is 397 g/mol. The van der Waals surface area contributed by atoms with Gasteiger partial charge < -0.3 is 19.9 Å². The highest BCUT2D eigenvalue weighted by Crippen LogP contribution is 2.21. The third kappa shape index (κ3) is 4.21. The smallest absolute Gasteiger partial charge is 0.317 e. The minimum atomic E-state index is -0.0558. The fraction of sp³-hybridized carbons (Fsp3) is 0.476. The van der Waals surface area contributed by atoms with Crippen LogP contribution < -0.4 is 10.1 Å². The zero-order chi connectivity index (χ0) is 20.2. The molecule has 0 saturated carbocycles. The Hall–Kier alpha value is -3.03. The molecule has 154 valence electrons. The quantitative estimate of drug-likeness (QED) is 0.824. The van der Waals surface area contributed by atoms with Crippen LogP contribution in [0.2, 0.25) is 0 Å². The molecule has 1 atom stereocenters. The Morgan fingerprint density at radius 2 is 1.97 bits per heavy atom. The van der Waals surface area contributed by atoms with Crippen LogP contribution in [0.4, 0.5) is 4.79 Å². The van der Waals surface area contributed by atoms with E-state index in [1.54, 1.807) is 15.9 Å². The zero-order valence-corrected chi connectivity index (χ0v) is 16.7. The Morgan fingerprint density at radius 1 is 1.21 bits per heavy atom. The molecule has 1 aliphatic carbocycles. The van der Waals surface area contributed by atoms with Crippen LogP contribution in [0.3, 0.4) is 0 Å². The van der Waals surface area contributed by atoms with Crippen LogP contribution in [0.25, 0.3) is 0 Å². The molecule has 1 aromatic carbocycles. The van der Waals surface area contributed by atoms with Gasteiger partial charge in [-0.05, 0) is 37.5 Å². The van der Waals surface area contributed by atoms with Crippen LogP contribution in [0.5, 0.6) is 5.75 Å². The molecule has 29 heavy (non-hydrogen) atoms. The molecule has 0 bridgehead atoms. The molecule has 2 aliphatic rings. The Balaban J connectivity index is 1.30. The van der Waals surface area contributed by atoms with Gasteiger partial charge in [-0.3, -0.25) is 9.89 Å². The fourth-order valence-corrected chi connectivity index (χ4v) is 4.00. The van der Waals surface area contributed by atoms with Gasteiger partial charge in [-0.25, -0.2) is 4.79 Å². The molecular weight excluding hydrogens is 370 g/mol. The first-order valence-corrected chi connectivity index (χ1v) is 10.2. The molecule has 1 unspecified atom stereocenters. The van der Waals surface area contributed by atoms with E-state index < -0.39 is 0 Å². The van der Waals surface area contributed by atoms with Crippen molar-refractivity contribution in [1.82, 2.24) is 25.3 Å². The standard InChI is InChI=1S/C21H27N5O3/c1-2-29-19-6-4-3-5-17(19)20(27)25-9-11-26(12-10-25)21(28)23-16-8-7-15-14-22-24-18(15)13-16/h3-6,14,16H,2,7-13H2,1H3,(H,22,24)(H,23,28). The maximum Gasteiger partial charge on any atom is 0.317 e. The number of benzene rings is 1. The molecule has 2 N–H and O–H groups in total. The highest BCUT2D eigenvalue weighted by molar-refractivity contribution is 5.97. The summed E-state index contributed by atoms with van der Waals surface area (Å²) in [6.07, 6.45) is 4.50. The first kappa shape index (κ1) is 19.3. The summed E-state index contributed by atoms with van der Waals surface area (Å²) in [6.45, 7) is 4.49. The number of piperazine rings is 1. The van der Waals surface area contributed by atoms with Crippen molar-refractivity contribution < 1.29 is 14.3 Å². The van der Waals surface area contributed by atoms with E-state index in [9.17, 15) is 9.59 Å². The van der Waals surface area contributed by atoms with Crippen molar-refractivity contribution in [3.05, 3.63) is 47.3 Å². The summed E-state index contributed by atoms with van der Waals surface area (Å²) in [4.78, 5) is 29.1. The summed E-state index contributed by atoms with van der Waals surface area (Å²) in [6, 6.07) is 7.37. The number of hydrogen-bond acceptors (Lipinski definition) is 4. The fourth-order valence-electron chi connectivity index (χ4n) is 4.00. The van der Waals surface area contributed by atoms with Gasteiger partial charge in [0.1, 0.15) is 5.75 Å². The van der Waals surface area contributed by atoms with Gasteiger partial charge in [-0.1, -0.05) is 12.1 Å². The normalized spacial score (nSPS) is 18.9. The van der Waals surface area contributed by atoms with Gasteiger partial charge in [-0.2, -0.15) is 5.10 Å². The minimum absolute atomic E-state index is 0.0480. The molecule has 8 nitrogen and oxygen atoms in total. The lowest BCUT2D eigenvalue weighted by Gasteiger charge is -2.36. The maximum absolute atomic E-state index is 12.9. The van der Waals surface area contributed by atoms with Crippen molar-refractivity contribution in [2.45, 2.75) is 32.2 Å². The van der Waals surface area contributed by atoms with Crippen LogP contribution in [0.15, 0.2) is 30.5 Å². The van der Waals surface area contributed by atoms with Gasteiger partial charge in [0.05, 0.1) is 18.4 Å². The van der Waals surface area contributed by atoms with E-state index in [-0.39, 0.29) is 18.0 Å². The number of H-pyrrole nitrogens is 1. The number of carbonyl (C=O) groups is 2. The van der Waals surface area contributed by atoms with Gasteiger partial charge in [0, 0.05) is 44.3 Å². The number of urea groups is 1. The molecule has 0 radical (unpaired) electrons. The number of aromatic amines is 1. The Morgan fingerprint density at radius 3 is 2.76 bits per heavy atom. The molecule has 2 aromatic rings. The Labute approximate surface area is 170 Å².